The van der Waals surface area contributed by atoms with E-state index in [0.29, 0.717) is 32.6 Å². The zero-order chi connectivity index (χ0) is 20.8. The maximum absolute atomic E-state index is 12.9. The number of halogens is 3. The van der Waals surface area contributed by atoms with E-state index >= 15 is 0 Å². The number of nitrogens with zero attached hydrogens (tertiary/aromatic N) is 4. The molecule has 3 aliphatic rings. The monoisotopic (exact) mass is 449 g/mol. The highest BCUT2D eigenvalue weighted by molar-refractivity contribution is 5.85. The molecule has 1 N–H and O–H groups in total. The SMILES string of the molecule is Cc1nc2c(c3c1CNCC3)CN(C(=O)CC1CN(c3ccnc(C(F)F)c3)C1)C2.Cl. The number of aryl methyl sites for hydroxylation is 1. The van der Waals surface area contributed by atoms with E-state index in [2.05, 4.69) is 17.2 Å². The zero-order valence-electron chi connectivity index (χ0n) is 17.4. The number of alkyl halides is 2. The van der Waals surface area contributed by atoms with Gasteiger partial charge in [-0.2, -0.15) is 0 Å². The van der Waals surface area contributed by atoms with Crippen molar-refractivity contribution in [3.05, 3.63) is 52.1 Å². The molecule has 0 bridgehead atoms. The highest BCUT2D eigenvalue weighted by Crippen LogP contribution is 2.33. The number of aromatic nitrogens is 2. The Morgan fingerprint density at radius 2 is 2.06 bits per heavy atom. The lowest BCUT2D eigenvalue weighted by Crippen LogP contribution is -2.48. The quantitative estimate of drug-likeness (QED) is 0.777. The molecule has 1 fully saturated rings. The van der Waals surface area contributed by atoms with Crippen LogP contribution < -0.4 is 10.2 Å². The molecule has 0 radical (unpaired) electrons. The van der Waals surface area contributed by atoms with Crippen LogP contribution in [0.15, 0.2) is 18.3 Å². The molecule has 0 spiro atoms. The number of pyridine rings is 2. The van der Waals surface area contributed by atoms with Crippen LogP contribution in [0.4, 0.5) is 14.5 Å². The fourth-order valence-electron chi connectivity index (χ4n) is 4.84. The molecule has 2 aromatic heterocycles. The van der Waals surface area contributed by atoms with Gasteiger partial charge in [-0.25, -0.2) is 8.78 Å². The Labute approximate surface area is 186 Å². The van der Waals surface area contributed by atoms with E-state index in [-0.39, 0.29) is 29.9 Å². The molecule has 0 unspecified atom stereocenters. The molecule has 9 heteroatoms. The summed E-state index contributed by atoms with van der Waals surface area (Å²) in [5, 5.41) is 3.40. The molecular formula is C22H26ClF2N5O. The summed E-state index contributed by atoms with van der Waals surface area (Å²) in [6, 6.07) is 3.18. The minimum atomic E-state index is -2.57. The third-order valence-corrected chi connectivity index (χ3v) is 6.49. The van der Waals surface area contributed by atoms with Crippen LogP contribution in [0, 0.1) is 12.8 Å². The Balaban J connectivity index is 0.00000231. The van der Waals surface area contributed by atoms with Gasteiger partial charge < -0.3 is 15.1 Å². The lowest BCUT2D eigenvalue weighted by Gasteiger charge is -2.41. The van der Waals surface area contributed by atoms with E-state index in [0.717, 1.165) is 36.6 Å². The van der Waals surface area contributed by atoms with E-state index in [1.54, 1.807) is 6.07 Å². The molecular weight excluding hydrogens is 424 g/mol. The summed E-state index contributed by atoms with van der Waals surface area (Å²) in [6.07, 6.45) is 0.328. The maximum atomic E-state index is 12.9. The van der Waals surface area contributed by atoms with Gasteiger partial charge in [0.05, 0.1) is 12.2 Å². The van der Waals surface area contributed by atoms with Crippen molar-refractivity contribution < 1.29 is 13.6 Å². The summed E-state index contributed by atoms with van der Waals surface area (Å²) in [5.74, 6) is 0.401. The minimum absolute atomic E-state index is 0. The molecule has 31 heavy (non-hydrogen) atoms. The second kappa shape index (κ2) is 8.67. The summed E-state index contributed by atoms with van der Waals surface area (Å²) in [5.41, 5.74) is 6.59. The van der Waals surface area contributed by atoms with Crippen molar-refractivity contribution in [1.82, 2.24) is 20.2 Å². The van der Waals surface area contributed by atoms with Crippen molar-refractivity contribution in [3.63, 3.8) is 0 Å². The fraction of sp³-hybridized carbons (Fsp3) is 0.500. The molecule has 1 saturated heterocycles. The molecule has 6 nitrogen and oxygen atoms in total. The highest BCUT2D eigenvalue weighted by Gasteiger charge is 2.34. The van der Waals surface area contributed by atoms with Gasteiger partial charge in [0, 0.05) is 56.1 Å². The number of rotatable bonds is 4. The smallest absolute Gasteiger partial charge is 0.280 e. The van der Waals surface area contributed by atoms with Crippen LogP contribution >= 0.6 is 12.4 Å². The molecule has 2 aromatic rings. The predicted octanol–water partition coefficient (Wildman–Crippen LogP) is 3.16. The Hall–Kier alpha value is -2.32. The summed E-state index contributed by atoms with van der Waals surface area (Å²) < 4.78 is 25.7. The van der Waals surface area contributed by atoms with Crippen LogP contribution in [0.1, 0.15) is 46.6 Å². The van der Waals surface area contributed by atoms with E-state index in [9.17, 15) is 13.6 Å². The van der Waals surface area contributed by atoms with Crippen molar-refractivity contribution in [2.45, 2.75) is 45.8 Å². The number of nitrogens with one attached hydrogen (secondary N) is 1. The normalized spacial score (nSPS) is 17.8. The van der Waals surface area contributed by atoms with Crippen LogP contribution in [0.5, 0.6) is 0 Å². The second-order valence-electron chi connectivity index (χ2n) is 8.47. The summed E-state index contributed by atoms with van der Waals surface area (Å²) in [7, 11) is 0. The molecule has 1 amide bonds. The summed E-state index contributed by atoms with van der Waals surface area (Å²) in [6.45, 7) is 6.54. The molecule has 0 aliphatic carbocycles. The maximum Gasteiger partial charge on any atom is 0.280 e. The van der Waals surface area contributed by atoms with Crippen LogP contribution in [-0.2, 0) is 30.8 Å². The van der Waals surface area contributed by atoms with Gasteiger partial charge in [-0.15, -0.1) is 12.4 Å². The standard InChI is InChI=1S/C22H25F2N5O.ClH/c1-13-17-8-25-4-3-16(17)18-11-29(12-20(18)27-13)21(30)6-14-9-28(10-14)15-2-5-26-19(7-15)22(23)24;/h2,5,7,14,22,25H,3-4,6,8-12H2,1H3;1H. The van der Waals surface area contributed by atoms with Crippen molar-refractivity contribution in [3.8, 4) is 0 Å². The zero-order valence-corrected chi connectivity index (χ0v) is 18.2. The average molecular weight is 450 g/mol. The summed E-state index contributed by atoms with van der Waals surface area (Å²) in [4.78, 5) is 25.3. The van der Waals surface area contributed by atoms with Gasteiger partial charge in [-0.1, -0.05) is 0 Å². The summed E-state index contributed by atoms with van der Waals surface area (Å²) >= 11 is 0. The van der Waals surface area contributed by atoms with E-state index in [1.165, 1.54) is 29.0 Å². The molecule has 5 heterocycles. The van der Waals surface area contributed by atoms with Crippen molar-refractivity contribution in [2.24, 2.45) is 5.92 Å². The Bertz CT molecular complexity index is 996. The van der Waals surface area contributed by atoms with Crippen LogP contribution in [0.2, 0.25) is 0 Å². The number of anilines is 1. The van der Waals surface area contributed by atoms with Gasteiger partial charge >= 0.3 is 0 Å². The third-order valence-electron chi connectivity index (χ3n) is 6.49. The van der Waals surface area contributed by atoms with E-state index in [1.807, 2.05) is 9.80 Å². The lowest BCUT2D eigenvalue weighted by atomic mass is 9.94. The van der Waals surface area contributed by atoms with Crippen LogP contribution in [0.3, 0.4) is 0 Å². The highest BCUT2D eigenvalue weighted by atomic mass is 35.5. The van der Waals surface area contributed by atoms with Gasteiger partial charge in [-0.05, 0) is 48.7 Å². The molecule has 0 aromatic carbocycles. The molecule has 3 aliphatic heterocycles. The Kier molecular flexibility index (Phi) is 6.12. The molecule has 0 atom stereocenters. The van der Waals surface area contributed by atoms with Gasteiger partial charge in [0.25, 0.3) is 6.43 Å². The van der Waals surface area contributed by atoms with Gasteiger partial charge in [0.1, 0.15) is 5.69 Å². The first-order valence-electron chi connectivity index (χ1n) is 10.5. The second-order valence-corrected chi connectivity index (χ2v) is 8.47. The van der Waals surface area contributed by atoms with Crippen molar-refractivity contribution >= 4 is 24.0 Å². The molecule has 166 valence electrons. The first-order chi connectivity index (χ1) is 14.5. The third kappa shape index (κ3) is 4.11. The van der Waals surface area contributed by atoms with Gasteiger partial charge in [-0.3, -0.25) is 14.8 Å². The number of hydrogen-bond donors (Lipinski definition) is 1. The van der Waals surface area contributed by atoms with E-state index < -0.39 is 6.43 Å². The predicted molar refractivity (Wildman–Crippen MR) is 115 cm³/mol. The largest absolute Gasteiger partial charge is 0.371 e. The molecule has 5 rings (SSSR count). The van der Waals surface area contributed by atoms with Crippen LogP contribution in [0.25, 0.3) is 0 Å². The van der Waals surface area contributed by atoms with Crippen LogP contribution in [-0.4, -0.2) is 40.4 Å². The Morgan fingerprint density at radius 3 is 2.84 bits per heavy atom. The number of carbonyl (C=O) groups excluding carboxylic acids is 1. The van der Waals surface area contributed by atoms with E-state index in [4.69, 9.17) is 4.98 Å². The van der Waals surface area contributed by atoms with Gasteiger partial charge in [0.15, 0.2) is 0 Å². The Morgan fingerprint density at radius 1 is 1.26 bits per heavy atom. The number of fused-ring (bicyclic) bond motifs is 3. The first kappa shape index (κ1) is 21.9. The number of hydrogen-bond acceptors (Lipinski definition) is 5. The van der Waals surface area contributed by atoms with Gasteiger partial charge in [0.2, 0.25) is 5.91 Å². The minimum Gasteiger partial charge on any atom is -0.371 e. The number of amides is 1. The average Bonchev–Trinajstić information content (AvgIpc) is 3.15. The first-order valence-corrected chi connectivity index (χ1v) is 10.5. The molecule has 0 saturated carbocycles. The lowest BCUT2D eigenvalue weighted by molar-refractivity contribution is -0.133. The topological polar surface area (TPSA) is 61.4 Å². The number of carbonyl (C=O) groups is 1. The fourth-order valence-corrected chi connectivity index (χ4v) is 4.84. The van der Waals surface area contributed by atoms with Crippen molar-refractivity contribution in [1.29, 1.82) is 0 Å². The van der Waals surface area contributed by atoms with Crippen molar-refractivity contribution in [2.75, 3.05) is 24.5 Å².